The van der Waals surface area contributed by atoms with E-state index in [9.17, 15) is 4.79 Å². The maximum absolute atomic E-state index is 11.6. The van der Waals surface area contributed by atoms with Gasteiger partial charge in [-0.05, 0) is 25.7 Å². The lowest BCUT2D eigenvalue weighted by atomic mass is 10.2. The lowest BCUT2D eigenvalue weighted by molar-refractivity contribution is -0.120. The van der Waals surface area contributed by atoms with Gasteiger partial charge in [0, 0.05) is 24.1 Å². The van der Waals surface area contributed by atoms with E-state index in [2.05, 4.69) is 27.5 Å². The van der Waals surface area contributed by atoms with Crippen LogP contribution in [0.5, 0.6) is 0 Å². The predicted molar refractivity (Wildman–Crippen MR) is 105 cm³/mol. The molecular weight excluding hydrogens is 316 g/mol. The highest BCUT2D eigenvalue weighted by atomic mass is 16.1. The molecule has 0 aliphatic carbocycles. The fraction of sp³-hybridized carbons (Fsp3) is 0.667. The Kier molecular flexibility index (Phi) is 14.0. The number of hydrogen-bond donors (Lipinski definition) is 5. The van der Waals surface area contributed by atoms with E-state index in [0.29, 0.717) is 5.95 Å². The summed E-state index contributed by atoms with van der Waals surface area (Å²) < 4.78 is 0. The highest BCUT2D eigenvalue weighted by Gasteiger charge is 2.00. The molecule has 7 nitrogen and oxygen atoms in total. The number of aromatic amines is 1. The number of nitrogens with two attached hydrogens (primary N) is 2. The van der Waals surface area contributed by atoms with Crippen molar-refractivity contribution in [3.05, 3.63) is 23.8 Å². The summed E-state index contributed by atoms with van der Waals surface area (Å²) in [5.74, 6) is 0.435. The van der Waals surface area contributed by atoms with Gasteiger partial charge in [-0.1, -0.05) is 40.0 Å². The highest BCUT2D eigenvalue weighted by Crippen LogP contribution is 2.06. The summed E-state index contributed by atoms with van der Waals surface area (Å²) in [5.41, 5.74) is 13.1. The van der Waals surface area contributed by atoms with E-state index < -0.39 is 0 Å². The molecule has 0 fully saturated rings. The molecule has 0 bridgehead atoms. The number of carbonyl (C=O) groups excluding carboxylic acids is 1. The van der Waals surface area contributed by atoms with Gasteiger partial charge in [0.1, 0.15) is 0 Å². The summed E-state index contributed by atoms with van der Waals surface area (Å²) >= 11 is 0. The number of allylic oxidation sites excluding steroid dienone is 1. The summed E-state index contributed by atoms with van der Waals surface area (Å²) in [7, 11) is 0. The van der Waals surface area contributed by atoms with Gasteiger partial charge in [-0.3, -0.25) is 4.79 Å². The number of nitrogens with zero attached hydrogens (tertiary/aromatic N) is 1. The Morgan fingerprint density at radius 3 is 2.68 bits per heavy atom. The molecular formula is C18H36N6O. The van der Waals surface area contributed by atoms with Gasteiger partial charge in [0.25, 0.3) is 0 Å². The Morgan fingerprint density at radius 1 is 1.28 bits per heavy atom. The summed E-state index contributed by atoms with van der Waals surface area (Å²) in [4.78, 5) is 18.5. The van der Waals surface area contributed by atoms with Gasteiger partial charge < -0.3 is 27.1 Å². The molecule has 0 aromatic carbocycles. The van der Waals surface area contributed by atoms with Crippen LogP contribution in [0.4, 0.5) is 5.95 Å². The van der Waals surface area contributed by atoms with E-state index >= 15 is 0 Å². The van der Waals surface area contributed by atoms with Crippen LogP contribution in [0, 0.1) is 0 Å². The molecule has 25 heavy (non-hydrogen) atoms. The average molecular weight is 353 g/mol. The molecule has 0 unspecified atom stereocenters. The van der Waals surface area contributed by atoms with Crippen LogP contribution in [-0.2, 0) is 11.2 Å². The van der Waals surface area contributed by atoms with Crippen molar-refractivity contribution >= 4 is 11.9 Å². The minimum absolute atomic E-state index is 0.00140. The monoisotopic (exact) mass is 352 g/mol. The van der Waals surface area contributed by atoms with E-state index in [1.165, 1.54) is 19.3 Å². The third kappa shape index (κ3) is 12.9. The zero-order chi connectivity index (χ0) is 18.9. The molecule has 0 saturated heterocycles. The molecule has 0 saturated carbocycles. The maximum atomic E-state index is 11.6. The highest BCUT2D eigenvalue weighted by molar-refractivity contribution is 5.78. The topological polar surface area (TPSA) is 122 Å². The second-order valence-corrected chi connectivity index (χ2v) is 5.66. The SMILES string of the molecule is CC.CCCCCCNC(=O)CN/C=C(\N)CCCc1cnc(N)[nH]1. The normalized spacial score (nSPS) is 10.8. The number of aromatic nitrogens is 2. The first-order chi connectivity index (χ1) is 12.1. The van der Waals surface area contributed by atoms with Gasteiger partial charge >= 0.3 is 0 Å². The first-order valence-electron chi connectivity index (χ1n) is 9.35. The Balaban J connectivity index is 0.00000277. The second-order valence-electron chi connectivity index (χ2n) is 5.66. The Labute approximate surface area is 152 Å². The van der Waals surface area contributed by atoms with Crippen LogP contribution < -0.4 is 22.1 Å². The third-order valence-electron chi connectivity index (χ3n) is 3.46. The number of rotatable bonds is 12. The predicted octanol–water partition coefficient (Wildman–Crippen LogP) is 2.43. The molecule has 144 valence electrons. The van der Waals surface area contributed by atoms with Gasteiger partial charge in [0.05, 0.1) is 12.7 Å². The van der Waals surface area contributed by atoms with Crippen LogP contribution in [0.25, 0.3) is 0 Å². The average Bonchev–Trinajstić information content (AvgIpc) is 3.02. The van der Waals surface area contributed by atoms with Crippen LogP contribution in [0.1, 0.15) is 65.0 Å². The fourth-order valence-corrected chi connectivity index (χ4v) is 2.18. The molecule has 1 aromatic heterocycles. The van der Waals surface area contributed by atoms with Crippen LogP contribution in [0.2, 0.25) is 0 Å². The van der Waals surface area contributed by atoms with Gasteiger partial charge in [-0.15, -0.1) is 0 Å². The summed E-state index contributed by atoms with van der Waals surface area (Å²) in [6, 6.07) is 0. The molecule has 0 aliphatic heterocycles. The fourth-order valence-electron chi connectivity index (χ4n) is 2.18. The molecule has 0 radical (unpaired) electrons. The number of nitrogens with one attached hydrogen (secondary N) is 3. The molecule has 1 amide bonds. The largest absolute Gasteiger partial charge is 0.401 e. The number of anilines is 1. The summed E-state index contributed by atoms with van der Waals surface area (Å²) in [6.07, 6.45) is 10.6. The number of amides is 1. The Hall–Kier alpha value is -2.18. The molecule has 1 heterocycles. The second kappa shape index (κ2) is 15.4. The maximum Gasteiger partial charge on any atom is 0.239 e. The van der Waals surface area contributed by atoms with E-state index in [-0.39, 0.29) is 12.5 Å². The molecule has 0 atom stereocenters. The van der Waals surface area contributed by atoms with Crippen molar-refractivity contribution in [2.45, 2.75) is 65.7 Å². The van der Waals surface area contributed by atoms with Crippen molar-refractivity contribution in [3.8, 4) is 0 Å². The number of hydrogen-bond acceptors (Lipinski definition) is 5. The van der Waals surface area contributed by atoms with Gasteiger partial charge in [-0.25, -0.2) is 4.98 Å². The quantitative estimate of drug-likeness (QED) is 0.370. The first kappa shape index (κ1) is 22.8. The first-order valence-corrected chi connectivity index (χ1v) is 9.35. The minimum Gasteiger partial charge on any atom is -0.401 e. The van der Waals surface area contributed by atoms with E-state index in [0.717, 1.165) is 43.6 Å². The lowest BCUT2D eigenvalue weighted by Gasteiger charge is -2.06. The summed E-state index contributed by atoms with van der Waals surface area (Å²) in [6.45, 7) is 7.17. The van der Waals surface area contributed by atoms with Crippen LogP contribution >= 0.6 is 0 Å². The van der Waals surface area contributed by atoms with Gasteiger partial charge in [-0.2, -0.15) is 0 Å². The third-order valence-corrected chi connectivity index (χ3v) is 3.46. The van der Waals surface area contributed by atoms with Crippen LogP contribution in [0.15, 0.2) is 18.1 Å². The van der Waals surface area contributed by atoms with E-state index in [1.54, 1.807) is 12.4 Å². The minimum atomic E-state index is -0.00140. The number of nitrogen functional groups attached to an aromatic ring is 1. The zero-order valence-electron chi connectivity index (χ0n) is 16.0. The smallest absolute Gasteiger partial charge is 0.239 e. The molecule has 0 aliphatic rings. The molecule has 7 heteroatoms. The van der Waals surface area contributed by atoms with Crippen molar-refractivity contribution in [2.75, 3.05) is 18.8 Å². The van der Waals surface area contributed by atoms with Crippen molar-refractivity contribution < 1.29 is 4.79 Å². The van der Waals surface area contributed by atoms with Crippen LogP contribution in [0.3, 0.4) is 0 Å². The van der Waals surface area contributed by atoms with Crippen molar-refractivity contribution in [1.82, 2.24) is 20.6 Å². The van der Waals surface area contributed by atoms with E-state index in [4.69, 9.17) is 11.5 Å². The standard InChI is InChI=1S/C16H30N6O.C2H6/c1-2-3-4-5-9-20-15(23)12-19-10-13(17)7-6-8-14-11-21-16(18)22-14;1-2/h10-11,19H,2-9,12,17H2,1H3,(H,20,23)(H3,18,21,22);1-2H3/b13-10-;. The van der Waals surface area contributed by atoms with E-state index in [1.807, 2.05) is 13.8 Å². The van der Waals surface area contributed by atoms with Gasteiger partial charge in [0.15, 0.2) is 5.95 Å². The molecule has 1 rings (SSSR count). The summed E-state index contributed by atoms with van der Waals surface area (Å²) in [5, 5.41) is 5.84. The number of unbranched alkanes of at least 4 members (excludes halogenated alkanes) is 3. The number of aryl methyl sites for hydroxylation is 1. The number of imidazole rings is 1. The Morgan fingerprint density at radius 2 is 2.04 bits per heavy atom. The molecule has 7 N–H and O–H groups in total. The molecule has 0 spiro atoms. The van der Waals surface area contributed by atoms with Crippen LogP contribution in [-0.4, -0.2) is 29.0 Å². The number of H-pyrrole nitrogens is 1. The lowest BCUT2D eigenvalue weighted by Crippen LogP contribution is -2.32. The Bertz CT molecular complexity index is 484. The van der Waals surface area contributed by atoms with Crippen molar-refractivity contribution in [1.29, 1.82) is 0 Å². The molecule has 1 aromatic rings. The zero-order valence-corrected chi connectivity index (χ0v) is 16.0. The van der Waals surface area contributed by atoms with Crippen molar-refractivity contribution in [2.24, 2.45) is 5.73 Å². The number of carbonyl (C=O) groups is 1. The van der Waals surface area contributed by atoms with Gasteiger partial charge in [0.2, 0.25) is 5.91 Å². The van der Waals surface area contributed by atoms with Crippen molar-refractivity contribution in [3.63, 3.8) is 0 Å².